The maximum atomic E-state index is 5.13. The van der Waals surface area contributed by atoms with Gasteiger partial charge < -0.3 is 5.32 Å². The Kier molecular flexibility index (Phi) is 5.01. The minimum Gasteiger partial charge on any atom is -0.361 e. The highest BCUT2D eigenvalue weighted by Gasteiger charge is 2.05. The van der Waals surface area contributed by atoms with E-state index in [0.717, 1.165) is 35.1 Å². The van der Waals surface area contributed by atoms with Crippen molar-refractivity contribution in [2.75, 3.05) is 6.54 Å². The maximum absolute atomic E-state index is 5.13. The van der Waals surface area contributed by atoms with Gasteiger partial charge in [0.15, 0.2) is 5.11 Å². The molecule has 4 nitrogen and oxygen atoms in total. The van der Waals surface area contributed by atoms with Gasteiger partial charge in [0.1, 0.15) is 0 Å². The van der Waals surface area contributed by atoms with Crippen molar-refractivity contribution in [2.45, 2.75) is 20.3 Å². The van der Waals surface area contributed by atoms with E-state index in [2.05, 4.69) is 33.8 Å². The smallest absolute Gasteiger partial charge is 0.186 e. The van der Waals surface area contributed by atoms with Gasteiger partial charge in [0.25, 0.3) is 0 Å². The minimum atomic E-state index is 0.534. The molecule has 0 aliphatic carbocycles. The molecule has 0 spiro atoms. The summed E-state index contributed by atoms with van der Waals surface area (Å²) in [5.74, 6) is 0. The predicted octanol–water partition coefficient (Wildman–Crippen LogP) is 2.83. The lowest BCUT2D eigenvalue weighted by Gasteiger charge is -2.08. The standard InChI is InChI=1S/C15H18N4S/c1-3-9-17-15(20)19-18-11(2)14-13-7-5-4-6-12(13)8-10-16-14/h4-8,10H,3,9H2,1-2H3,(H2,17,19,20). The lowest BCUT2D eigenvalue weighted by atomic mass is 10.1. The number of pyridine rings is 1. The zero-order valence-corrected chi connectivity index (χ0v) is 12.5. The van der Waals surface area contributed by atoms with E-state index in [1.165, 1.54) is 0 Å². The first-order chi connectivity index (χ1) is 9.72. The summed E-state index contributed by atoms with van der Waals surface area (Å²) in [7, 11) is 0. The molecule has 0 amide bonds. The van der Waals surface area contributed by atoms with Crippen LogP contribution >= 0.6 is 12.2 Å². The number of thiocarbonyl (C=S) groups is 1. The van der Waals surface area contributed by atoms with E-state index in [0.29, 0.717) is 5.11 Å². The number of fused-ring (bicyclic) bond motifs is 1. The van der Waals surface area contributed by atoms with Crippen LogP contribution in [0.5, 0.6) is 0 Å². The first-order valence-electron chi connectivity index (χ1n) is 6.64. The quantitative estimate of drug-likeness (QED) is 0.515. The van der Waals surface area contributed by atoms with E-state index in [1.807, 2.05) is 31.2 Å². The van der Waals surface area contributed by atoms with Crippen molar-refractivity contribution >= 4 is 33.8 Å². The van der Waals surface area contributed by atoms with Crippen LogP contribution in [-0.4, -0.2) is 22.4 Å². The molecule has 1 aromatic carbocycles. The van der Waals surface area contributed by atoms with Gasteiger partial charge in [-0.05, 0) is 37.0 Å². The average molecular weight is 286 g/mol. The van der Waals surface area contributed by atoms with Gasteiger partial charge in [0, 0.05) is 18.1 Å². The van der Waals surface area contributed by atoms with Crippen molar-refractivity contribution in [3.63, 3.8) is 0 Å². The van der Waals surface area contributed by atoms with Gasteiger partial charge in [-0.25, -0.2) is 0 Å². The van der Waals surface area contributed by atoms with Crippen LogP contribution in [0.15, 0.2) is 41.6 Å². The Hall–Kier alpha value is -2.01. The highest BCUT2D eigenvalue weighted by Crippen LogP contribution is 2.16. The molecule has 0 bridgehead atoms. The second-order valence-corrected chi connectivity index (χ2v) is 4.85. The Bertz CT molecular complexity index is 631. The number of rotatable bonds is 4. The highest BCUT2D eigenvalue weighted by atomic mass is 32.1. The van der Waals surface area contributed by atoms with Crippen LogP contribution < -0.4 is 10.7 Å². The molecular weight excluding hydrogens is 268 g/mol. The Labute approximate surface area is 124 Å². The third kappa shape index (κ3) is 3.51. The van der Waals surface area contributed by atoms with Crippen molar-refractivity contribution in [1.29, 1.82) is 0 Å². The van der Waals surface area contributed by atoms with Crippen molar-refractivity contribution in [1.82, 2.24) is 15.7 Å². The number of hydrogen-bond acceptors (Lipinski definition) is 3. The molecule has 0 saturated heterocycles. The monoisotopic (exact) mass is 286 g/mol. The molecule has 0 aliphatic rings. The predicted molar refractivity (Wildman–Crippen MR) is 88.0 cm³/mol. The number of hydrazone groups is 1. The minimum absolute atomic E-state index is 0.534. The third-order valence-electron chi connectivity index (χ3n) is 2.88. The summed E-state index contributed by atoms with van der Waals surface area (Å²) in [6, 6.07) is 10.1. The first kappa shape index (κ1) is 14.4. The second-order valence-electron chi connectivity index (χ2n) is 4.45. The van der Waals surface area contributed by atoms with Gasteiger partial charge in [-0.1, -0.05) is 31.2 Å². The number of nitrogens with one attached hydrogen (secondary N) is 2. The van der Waals surface area contributed by atoms with Crippen LogP contribution in [0, 0.1) is 0 Å². The molecule has 20 heavy (non-hydrogen) atoms. The van der Waals surface area contributed by atoms with Gasteiger partial charge in [-0.15, -0.1) is 0 Å². The lowest BCUT2D eigenvalue weighted by molar-refractivity contribution is 0.816. The molecule has 2 N–H and O–H groups in total. The van der Waals surface area contributed by atoms with Crippen molar-refractivity contribution in [2.24, 2.45) is 5.10 Å². The Morgan fingerprint density at radius 1 is 1.30 bits per heavy atom. The normalized spacial score (nSPS) is 11.4. The van der Waals surface area contributed by atoms with Crippen LogP contribution in [-0.2, 0) is 0 Å². The summed E-state index contributed by atoms with van der Waals surface area (Å²) in [4.78, 5) is 4.41. The zero-order chi connectivity index (χ0) is 14.4. The number of benzene rings is 1. The summed E-state index contributed by atoms with van der Waals surface area (Å²) >= 11 is 5.13. The number of hydrogen-bond donors (Lipinski definition) is 2. The van der Waals surface area contributed by atoms with E-state index in [9.17, 15) is 0 Å². The molecule has 0 radical (unpaired) electrons. The largest absolute Gasteiger partial charge is 0.361 e. The first-order valence-corrected chi connectivity index (χ1v) is 7.05. The van der Waals surface area contributed by atoms with E-state index in [4.69, 9.17) is 12.2 Å². The topological polar surface area (TPSA) is 49.3 Å². The van der Waals surface area contributed by atoms with Crippen molar-refractivity contribution in [3.8, 4) is 0 Å². The third-order valence-corrected chi connectivity index (χ3v) is 3.11. The van der Waals surface area contributed by atoms with Gasteiger partial charge in [0.2, 0.25) is 0 Å². The average Bonchev–Trinajstić information content (AvgIpc) is 2.50. The number of nitrogens with zero attached hydrogens (tertiary/aromatic N) is 2. The van der Waals surface area contributed by atoms with Gasteiger partial charge in [-0.3, -0.25) is 10.4 Å². The molecule has 0 aliphatic heterocycles. The molecule has 2 aromatic rings. The van der Waals surface area contributed by atoms with Gasteiger partial charge in [0.05, 0.1) is 11.4 Å². The fraction of sp³-hybridized carbons (Fsp3) is 0.267. The van der Waals surface area contributed by atoms with Gasteiger partial charge >= 0.3 is 0 Å². The molecule has 0 atom stereocenters. The summed E-state index contributed by atoms with van der Waals surface area (Å²) in [6.07, 6.45) is 2.82. The summed E-state index contributed by atoms with van der Waals surface area (Å²) in [6.45, 7) is 4.85. The van der Waals surface area contributed by atoms with Crippen LogP contribution in [0.3, 0.4) is 0 Å². The Balaban J connectivity index is 2.18. The SMILES string of the molecule is CCCNC(=S)NN=C(C)c1nccc2ccccc12. The van der Waals surface area contributed by atoms with Crippen LogP contribution in [0.2, 0.25) is 0 Å². The molecule has 0 saturated carbocycles. The second kappa shape index (κ2) is 6.96. The molecule has 5 heteroatoms. The fourth-order valence-corrected chi connectivity index (χ4v) is 2.02. The van der Waals surface area contributed by atoms with Crippen molar-refractivity contribution in [3.05, 3.63) is 42.2 Å². The molecule has 104 valence electrons. The van der Waals surface area contributed by atoms with E-state index >= 15 is 0 Å². The van der Waals surface area contributed by atoms with Gasteiger partial charge in [-0.2, -0.15) is 5.10 Å². The van der Waals surface area contributed by atoms with E-state index < -0.39 is 0 Å². The summed E-state index contributed by atoms with van der Waals surface area (Å²) in [5, 5.41) is 10.1. The van der Waals surface area contributed by atoms with E-state index in [-0.39, 0.29) is 0 Å². The van der Waals surface area contributed by atoms with E-state index in [1.54, 1.807) is 6.20 Å². The molecular formula is C15H18N4S. The molecule has 2 rings (SSSR count). The molecule has 1 aromatic heterocycles. The fourth-order valence-electron chi connectivity index (χ4n) is 1.87. The summed E-state index contributed by atoms with van der Waals surface area (Å²) < 4.78 is 0. The van der Waals surface area contributed by atoms with Crippen LogP contribution in [0.1, 0.15) is 26.0 Å². The Morgan fingerprint density at radius 2 is 2.10 bits per heavy atom. The molecule has 0 unspecified atom stereocenters. The highest BCUT2D eigenvalue weighted by molar-refractivity contribution is 7.80. The molecule has 1 heterocycles. The van der Waals surface area contributed by atoms with Crippen molar-refractivity contribution < 1.29 is 0 Å². The Morgan fingerprint density at radius 3 is 2.90 bits per heavy atom. The molecule has 0 fully saturated rings. The van der Waals surface area contributed by atoms with Crippen LogP contribution in [0.25, 0.3) is 10.8 Å². The zero-order valence-electron chi connectivity index (χ0n) is 11.7. The number of aromatic nitrogens is 1. The van der Waals surface area contributed by atoms with Crippen LogP contribution in [0.4, 0.5) is 0 Å². The lowest BCUT2D eigenvalue weighted by Crippen LogP contribution is -2.33. The maximum Gasteiger partial charge on any atom is 0.186 e. The summed E-state index contributed by atoms with van der Waals surface area (Å²) in [5.41, 5.74) is 4.53.